The Labute approximate surface area is 70.1 Å². The predicted molar refractivity (Wildman–Crippen MR) is 40.3 cm³/mol. The zero-order valence-corrected chi connectivity index (χ0v) is 7.21. The normalized spacial score (nSPS) is 28.8. The molecule has 0 N–H and O–H groups in total. The second-order valence-electron chi connectivity index (χ2n) is 2.77. The molecular formula is C8H10O4. The van der Waals surface area contributed by atoms with Crippen LogP contribution in [0.4, 0.5) is 0 Å². The van der Waals surface area contributed by atoms with Crippen molar-refractivity contribution in [3.63, 3.8) is 0 Å². The van der Waals surface area contributed by atoms with Crippen molar-refractivity contribution in [3.8, 4) is 0 Å². The summed E-state index contributed by atoms with van der Waals surface area (Å²) in [4.78, 5) is 21.6. The maximum Gasteiger partial charge on any atom is 0.338 e. The molecule has 0 spiro atoms. The number of carbonyl (C=O) groups is 2. The van der Waals surface area contributed by atoms with Crippen molar-refractivity contribution in [2.45, 2.75) is 19.4 Å². The van der Waals surface area contributed by atoms with Crippen molar-refractivity contribution in [2.24, 2.45) is 0 Å². The van der Waals surface area contributed by atoms with Gasteiger partial charge in [-0.1, -0.05) is 0 Å². The number of methoxy groups -OCH3 is 1. The predicted octanol–water partition coefficient (Wildman–Crippen LogP) is 0.421. The van der Waals surface area contributed by atoms with Crippen LogP contribution in [0.25, 0.3) is 0 Å². The molecule has 0 aromatic rings. The maximum atomic E-state index is 11.0. The lowest BCUT2D eigenvalue weighted by molar-refractivity contribution is -0.151. The number of cyclic esters (lactones) is 1. The molecule has 1 rings (SSSR count). The van der Waals surface area contributed by atoms with Crippen LogP contribution in [-0.4, -0.2) is 25.0 Å². The first kappa shape index (κ1) is 8.77. The van der Waals surface area contributed by atoms with Gasteiger partial charge < -0.3 is 9.47 Å². The molecule has 1 aliphatic heterocycles. The number of ether oxygens (including phenoxy) is 2. The molecule has 0 aliphatic carbocycles. The Balaban J connectivity index is 3.14. The molecule has 0 aromatic carbocycles. The van der Waals surface area contributed by atoms with Gasteiger partial charge >= 0.3 is 5.97 Å². The molecule has 0 radical (unpaired) electrons. The Morgan fingerprint density at radius 3 is 2.50 bits per heavy atom. The number of hydrogen-bond donors (Lipinski definition) is 0. The smallest absolute Gasteiger partial charge is 0.338 e. The largest absolute Gasteiger partial charge is 0.496 e. The van der Waals surface area contributed by atoms with Crippen LogP contribution in [0.2, 0.25) is 0 Å². The van der Waals surface area contributed by atoms with Gasteiger partial charge in [-0.05, 0) is 13.8 Å². The van der Waals surface area contributed by atoms with Crippen molar-refractivity contribution < 1.29 is 19.1 Å². The van der Waals surface area contributed by atoms with Gasteiger partial charge in [0.1, 0.15) is 0 Å². The zero-order valence-electron chi connectivity index (χ0n) is 7.21. The molecule has 0 saturated heterocycles. The summed E-state index contributed by atoms with van der Waals surface area (Å²) in [6, 6.07) is 0. The average Bonchev–Trinajstić information content (AvgIpc) is 2.25. The van der Waals surface area contributed by atoms with E-state index >= 15 is 0 Å². The van der Waals surface area contributed by atoms with E-state index in [2.05, 4.69) is 0 Å². The Morgan fingerprint density at radius 1 is 1.58 bits per heavy atom. The van der Waals surface area contributed by atoms with Gasteiger partial charge in [0.25, 0.3) is 0 Å². The van der Waals surface area contributed by atoms with Gasteiger partial charge in [0.15, 0.2) is 12.0 Å². The number of aldehydes is 1. The molecule has 1 aliphatic rings. The van der Waals surface area contributed by atoms with E-state index in [1.165, 1.54) is 14.0 Å². The molecule has 1 atom stereocenters. The molecular weight excluding hydrogens is 160 g/mol. The van der Waals surface area contributed by atoms with Gasteiger partial charge in [0, 0.05) is 0 Å². The molecule has 4 heteroatoms. The van der Waals surface area contributed by atoms with Crippen molar-refractivity contribution >= 4 is 12.3 Å². The second-order valence-corrected chi connectivity index (χ2v) is 2.77. The number of hydrogen-bond acceptors (Lipinski definition) is 4. The second kappa shape index (κ2) is 2.62. The fraction of sp³-hybridized carbons (Fsp3) is 0.500. The monoisotopic (exact) mass is 170 g/mol. The Morgan fingerprint density at radius 2 is 2.17 bits per heavy atom. The molecule has 1 heterocycles. The molecule has 1 unspecified atom stereocenters. The summed E-state index contributed by atoms with van der Waals surface area (Å²) < 4.78 is 9.71. The highest BCUT2D eigenvalue weighted by atomic mass is 16.6. The van der Waals surface area contributed by atoms with Gasteiger partial charge in [0.2, 0.25) is 5.60 Å². The van der Waals surface area contributed by atoms with Crippen LogP contribution in [0.15, 0.2) is 11.3 Å². The van der Waals surface area contributed by atoms with Crippen LogP contribution in [0.5, 0.6) is 0 Å². The van der Waals surface area contributed by atoms with Crippen molar-refractivity contribution in [3.05, 3.63) is 11.3 Å². The number of rotatable bonds is 2. The Kier molecular flexibility index (Phi) is 1.92. The lowest BCUT2D eigenvalue weighted by Crippen LogP contribution is -2.30. The molecule has 0 saturated carbocycles. The molecule has 0 amide bonds. The van der Waals surface area contributed by atoms with E-state index in [-0.39, 0.29) is 0 Å². The minimum absolute atomic E-state index is 0.294. The van der Waals surface area contributed by atoms with E-state index < -0.39 is 11.6 Å². The third-order valence-corrected chi connectivity index (χ3v) is 1.83. The summed E-state index contributed by atoms with van der Waals surface area (Å²) in [7, 11) is 1.41. The summed E-state index contributed by atoms with van der Waals surface area (Å²) in [5, 5.41) is 0. The van der Waals surface area contributed by atoms with E-state index in [0.29, 0.717) is 17.6 Å². The van der Waals surface area contributed by atoms with Crippen LogP contribution in [-0.2, 0) is 19.1 Å². The summed E-state index contributed by atoms with van der Waals surface area (Å²) >= 11 is 0. The minimum atomic E-state index is -1.23. The fourth-order valence-electron chi connectivity index (χ4n) is 1.21. The van der Waals surface area contributed by atoms with Gasteiger partial charge in [0.05, 0.1) is 12.7 Å². The summed E-state index contributed by atoms with van der Waals surface area (Å²) in [6.07, 6.45) is 0.556. The summed E-state index contributed by atoms with van der Waals surface area (Å²) in [5.41, 5.74) is -0.872. The standard InChI is InChI=1S/C8H10O4/c1-5-6(11-3)8(2,4-9)12-7(5)10/h4H,1-3H3. The summed E-state index contributed by atoms with van der Waals surface area (Å²) in [6.45, 7) is 3.06. The van der Waals surface area contributed by atoms with Crippen molar-refractivity contribution in [2.75, 3.05) is 7.11 Å². The topological polar surface area (TPSA) is 52.6 Å². The lowest BCUT2D eigenvalue weighted by atomic mass is 10.1. The lowest BCUT2D eigenvalue weighted by Gasteiger charge is -2.17. The summed E-state index contributed by atoms with van der Waals surface area (Å²) in [5.74, 6) is -0.205. The van der Waals surface area contributed by atoms with Crippen molar-refractivity contribution in [1.82, 2.24) is 0 Å². The van der Waals surface area contributed by atoms with E-state index in [4.69, 9.17) is 9.47 Å². The molecule has 66 valence electrons. The Hall–Kier alpha value is -1.32. The van der Waals surface area contributed by atoms with E-state index in [0.717, 1.165) is 0 Å². The van der Waals surface area contributed by atoms with Crippen LogP contribution >= 0.6 is 0 Å². The third-order valence-electron chi connectivity index (χ3n) is 1.83. The highest BCUT2D eigenvalue weighted by Gasteiger charge is 2.43. The van der Waals surface area contributed by atoms with Crippen LogP contribution in [0.1, 0.15) is 13.8 Å². The molecule has 4 nitrogen and oxygen atoms in total. The third kappa shape index (κ3) is 0.995. The Bertz CT molecular complexity index is 266. The molecule has 0 aromatic heterocycles. The van der Waals surface area contributed by atoms with E-state index in [1.807, 2.05) is 0 Å². The first-order chi connectivity index (χ1) is 5.55. The van der Waals surface area contributed by atoms with Crippen LogP contribution in [0.3, 0.4) is 0 Å². The van der Waals surface area contributed by atoms with Crippen molar-refractivity contribution in [1.29, 1.82) is 0 Å². The van der Waals surface area contributed by atoms with Crippen LogP contribution < -0.4 is 0 Å². The van der Waals surface area contributed by atoms with E-state index in [1.54, 1.807) is 6.92 Å². The first-order valence-electron chi connectivity index (χ1n) is 3.50. The quantitative estimate of drug-likeness (QED) is 0.445. The van der Waals surface area contributed by atoms with Gasteiger partial charge in [-0.25, -0.2) is 4.79 Å². The number of esters is 1. The van der Waals surface area contributed by atoms with Crippen LogP contribution in [0, 0.1) is 0 Å². The van der Waals surface area contributed by atoms with Gasteiger partial charge in [-0.3, -0.25) is 4.79 Å². The SMILES string of the molecule is COC1=C(C)C(=O)OC1(C)C=O. The van der Waals surface area contributed by atoms with Gasteiger partial charge in [-0.2, -0.15) is 0 Å². The number of carbonyl (C=O) groups excluding carboxylic acids is 2. The minimum Gasteiger partial charge on any atom is -0.496 e. The molecule has 0 bridgehead atoms. The highest BCUT2D eigenvalue weighted by molar-refractivity contribution is 5.95. The molecule has 0 fully saturated rings. The zero-order chi connectivity index (χ0) is 9.35. The average molecular weight is 170 g/mol. The van der Waals surface area contributed by atoms with E-state index in [9.17, 15) is 9.59 Å². The first-order valence-corrected chi connectivity index (χ1v) is 3.50. The molecule has 12 heavy (non-hydrogen) atoms. The van der Waals surface area contributed by atoms with Gasteiger partial charge in [-0.15, -0.1) is 0 Å². The fourth-order valence-corrected chi connectivity index (χ4v) is 1.21. The highest BCUT2D eigenvalue weighted by Crippen LogP contribution is 2.30. The maximum absolute atomic E-state index is 11.0.